The van der Waals surface area contributed by atoms with Crippen molar-refractivity contribution in [3.8, 4) is 11.5 Å². The molecule has 5 nitrogen and oxygen atoms in total. The van der Waals surface area contributed by atoms with Crippen LogP contribution in [0.5, 0.6) is 11.5 Å². The maximum absolute atomic E-state index is 12.7. The van der Waals surface area contributed by atoms with Gasteiger partial charge in [-0.05, 0) is 0 Å². The second-order valence-corrected chi connectivity index (χ2v) is 3.16. The van der Waals surface area contributed by atoms with Crippen LogP contribution >= 0.6 is 0 Å². The van der Waals surface area contributed by atoms with Gasteiger partial charge >= 0.3 is 12.3 Å². The van der Waals surface area contributed by atoms with Crippen molar-refractivity contribution in [2.75, 3.05) is 14.2 Å². The molecule has 0 fully saturated rings. The summed E-state index contributed by atoms with van der Waals surface area (Å²) in [6.07, 6.45) is -5.04. The van der Waals surface area contributed by atoms with E-state index in [0.29, 0.717) is 0 Å². The van der Waals surface area contributed by atoms with Crippen LogP contribution < -0.4 is 9.47 Å². The van der Waals surface area contributed by atoms with Crippen LogP contribution in [0.25, 0.3) is 0 Å². The lowest BCUT2D eigenvalue weighted by atomic mass is 10.2. The van der Waals surface area contributed by atoms with Gasteiger partial charge in [0.1, 0.15) is 12.4 Å². The molecule has 1 aromatic heterocycles. The summed E-state index contributed by atoms with van der Waals surface area (Å²) >= 11 is 0. The summed E-state index contributed by atoms with van der Waals surface area (Å²) < 4.78 is 61.8. The number of pyridine rings is 1. The molecule has 0 amide bonds. The minimum atomic E-state index is -5.04. The SMILES string of the molecule is COC(=O)c1cc(OC)c(OC(F)(F)F)c(CF)n1. The smallest absolute Gasteiger partial charge is 0.493 e. The molecule has 0 radical (unpaired) electrons. The zero-order valence-electron chi connectivity index (χ0n) is 9.88. The van der Waals surface area contributed by atoms with E-state index in [1.54, 1.807) is 0 Å². The molecule has 1 rings (SSSR count). The van der Waals surface area contributed by atoms with Gasteiger partial charge in [0.25, 0.3) is 0 Å². The number of esters is 1. The molecule has 19 heavy (non-hydrogen) atoms. The zero-order valence-corrected chi connectivity index (χ0v) is 9.88. The van der Waals surface area contributed by atoms with Crippen molar-refractivity contribution in [3.63, 3.8) is 0 Å². The van der Waals surface area contributed by atoms with E-state index in [4.69, 9.17) is 0 Å². The minimum Gasteiger partial charge on any atom is -0.493 e. The summed E-state index contributed by atoms with van der Waals surface area (Å²) in [6, 6.07) is 0.867. The molecule has 0 bridgehead atoms. The fourth-order valence-electron chi connectivity index (χ4n) is 1.24. The first-order valence-corrected chi connectivity index (χ1v) is 4.80. The molecular weight excluding hydrogens is 274 g/mol. The van der Waals surface area contributed by atoms with Crippen molar-refractivity contribution in [3.05, 3.63) is 17.5 Å². The molecular formula is C10H9F4NO4. The van der Waals surface area contributed by atoms with Gasteiger partial charge in [-0.3, -0.25) is 0 Å². The van der Waals surface area contributed by atoms with Gasteiger partial charge in [0.15, 0.2) is 17.2 Å². The quantitative estimate of drug-likeness (QED) is 0.626. The van der Waals surface area contributed by atoms with Gasteiger partial charge in [0, 0.05) is 6.07 Å². The van der Waals surface area contributed by atoms with E-state index in [9.17, 15) is 22.4 Å². The predicted molar refractivity (Wildman–Crippen MR) is 53.6 cm³/mol. The second-order valence-electron chi connectivity index (χ2n) is 3.16. The van der Waals surface area contributed by atoms with Gasteiger partial charge in [0.2, 0.25) is 0 Å². The Bertz CT molecular complexity index is 450. The molecule has 0 spiro atoms. The Morgan fingerprint density at radius 1 is 1.37 bits per heavy atom. The molecule has 9 heteroatoms. The number of carbonyl (C=O) groups excluding carboxylic acids is 1. The van der Waals surface area contributed by atoms with Crippen LogP contribution in [0.4, 0.5) is 17.6 Å². The molecule has 0 aromatic carbocycles. The average molecular weight is 283 g/mol. The number of halogens is 4. The number of aromatic nitrogens is 1. The van der Waals surface area contributed by atoms with Crippen LogP contribution in [0.2, 0.25) is 0 Å². The second kappa shape index (κ2) is 5.72. The highest BCUT2D eigenvalue weighted by Gasteiger charge is 2.34. The summed E-state index contributed by atoms with van der Waals surface area (Å²) in [4.78, 5) is 14.6. The fraction of sp³-hybridized carbons (Fsp3) is 0.400. The number of nitrogens with zero attached hydrogens (tertiary/aromatic N) is 1. The maximum Gasteiger partial charge on any atom is 0.573 e. The molecule has 0 N–H and O–H groups in total. The van der Waals surface area contributed by atoms with Crippen LogP contribution in [0.15, 0.2) is 6.07 Å². The standard InChI is InChI=1S/C10H9F4NO4/c1-17-7-3-5(9(16)18-2)15-6(4-11)8(7)19-10(12,13)14/h3H,4H2,1-2H3. The predicted octanol–water partition coefficient (Wildman–Crippen LogP) is 2.24. The van der Waals surface area contributed by atoms with Crippen molar-refractivity contribution < 1.29 is 36.6 Å². The van der Waals surface area contributed by atoms with Gasteiger partial charge in [-0.2, -0.15) is 0 Å². The molecule has 1 aromatic rings. The molecule has 0 atom stereocenters. The number of rotatable bonds is 4. The number of ether oxygens (including phenoxy) is 3. The van der Waals surface area contributed by atoms with E-state index in [1.165, 1.54) is 0 Å². The average Bonchev–Trinajstić information content (AvgIpc) is 2.36. The third kappa shape index (κ3) is 3.70. The Labute approximate surface area is 105 Å². The van der Waals surface area contributed by atoms with Gasteiger partial charge in [-0.15, -0.1) is 13.2 Å². The van der Waals surface area contributed by atoms with Gasteiger partial charge in [0.05, 0.1) is 14.2 Å². The van der Waals surface area contributed by atoms with E-state index < -0.39 is 36.2 Å². The van der Waals surface area contributed by atoms with Crippen LogP contribution in [0, 0.1) is 0 Å². The van der Waals surface area contributed by atoms with Crippen molar-refractivity contribution in [2.45, 2.75) is 13.0 Å². The Kier molecular flexibility index (Phi) is 4.52. The maximum atomic E-state index is 12.7. The molecule has 0 saturated heterocycles. The first-order chi connectivity index (χ1) is 8.82. The van der Waals surface area contributed by atoms with E-state index >= 15 is 0 Å². The van der Waals surface area contributed by atoms with E-state index in [0.717, 1.165) is 20.3 Å². The summed E-state index contributed by atoms with van der Waals surface area (Å²) in [5.74, 6) is -2.34. The van der Waals surface area contributed by atoms with Crippen molar-refractivity contribution in [2.24, 2.45) is 0 Å². The first kappa shape index (κ1) is 15.0. The molecule has 0 aliphatic carbocycles. The topological polar surface area (TPSA) is 57.7 Å². The number of hydrogen-bond donors (Lipinski definition) is 0. The summed E-state index contributed by atoms with van der Waals surface area (Å²) in [5, 5.41) is 0. The summed E-state index contributed by atoms with van der Waals surface area (Å²) in [6.45, 7) is -1.37. The summed E-state index contributed by atoms with van der Waals surface area (Å²) in [5.41, 5.74) is -1.10. The highest BCUT2D eigenvalue weighted by molar-refractivity contribution is 5.88. The Balaban J connectivity index is 3.33. The third-order valence-electron chi connectivity index (χ3n) is 1.97. The normalized spacial score (nSPS) is 11.1. The number of hydrogen-bond acceptors (Lipinski definition) is 5. The highest BCUT2D eigenvalue weighted by atomic mass is 19.4. The molecule has 106 valence electrons. The van der Waals surface area contributed by atoms with Gasteiger partial charge in [-0.25, -0.2) is 14.2 Å². The Morgan fingerprint density at radius 3 is 2.42 bits per heavy atom. The Morgan fingerprint density at radius 2 is 2.00 bits per heavy atom. The minimum absolute atomic E-state index is 0.387. The largest absolute Gasteiger partial charge is 0.573 e. The van der Waals surface area contributed by atoms with Crippen molar-refractivity contribution in [1.29, 1.82) is 0 Å². The molecule has 1 heterocycles. The lowest BCUT2D eigenvalue weighted by molar-refractivity contribution is -0.275. The molecule has 0 aliphatic heterocycles. The molecule has 0 unspecified atom stereocenters. The lowest BCUT2D eigenvalue weighted by Crippen LogP contribution is -2.20. The van der Waals surface area contributed by atoms with E-state index in [-0.39, 0.29) is 5.69 Å². The summed E-state index contributed by atoms with van der Waals surface area (Å²) in [7, 11) is 2.09. The van der Waals surface area contributed by atoms with Crippen LogP contribution in [-0.4, -0.2) is 31.5 Å². The number of carbonyl (C=O) groups is 1. The first-order valence-electron chi connectivity index (χ1n) is 4.80. The highest BCUT2D eigenvalue weighted by Crippen LogP contribution is 2.35. The van der Waals surface area contributed by atoms with Crippen LogP contribution in [-0.2, 0) is 11.4 Å². The monoisotopic (exact) mass is 283 g/mol. The fourth-order valence-corrected chi connectivity index (χ4v) is 1.24. The molecule has 0 aliphatic rings. The third-order valence-corrected chi connectivity index (χ3v) is 1.97. The zero-order chi connectivity index (χ0) is 14.6. The van der Waals surface area contributed by atoms with Crippen LogP contribution in [0.1, 0.15) is 16.2 Å². The lowest BCUT2D eigenvalue weighted by Gasteiger charge is -2.15. The van der Waals surface area contributed by atoms with Crippen molar-refractivity contribution in [1.82, 2.24) is 4.98 Å². The van der Waals surface area contributed by atoms with Crippen LogP contribution in [0.3, 0.4) is 0 Å². The van der Waals surface area contributed by atoms with Crippen molar-refractivity contribution >= 4 is 5.97 Å². The van der Waals surface area contributed by atoms with Gasteiger partial charge < -0.3 is 14.2 Å². The van der Waals surface area contributed by atoms with E-state index in [1.807, 2.05) is 0 Å². The van der Waals surface area contributed by atoms with E-state index in [2.05, 4.69) is 19.2 Å². The number of methoxy groups -OCH3 is 2. The van der Waals surface area contributed by atoms with Gasteiger partial charge in [-0.1, -0.05) is 0 Å². The molecule has 0 saturated carbocycles. The Hall–Kier alpha value is -2.06. The number of alkyl halides is 4.